The Morgan fingerprint density at radius 3 is 2.53 bits per heavy atom. The van der Waals surface area contributed by atoms with Crippen molar-refractivity contribution in [3.05, 3.63) is 41.5 Å². The Hall–Kier alpha value is -2.63. The smallest absolute Gasteiger partial charge is 0.272 e. The molecule has 82 valence electrons. The maximum atomic E-state index is 11.7. The lowest BCUT2D eigenvalue weighted by molar-refractivity contribution is -0.116. The van der Waals surface area contributed by atoms with E-state index >= 15 is 0 Å². The third-order valence-electron chi connectivity index (χ3n) is 2.41. The summed E-state index contributed by atoms with van der Waals surface area (Å²) in [5, 5.41) is 9.74. The highest BCUT2D eigenvalue weighted by Gasteiger charge is 2.32. The largest absolute Gasteiger partial charge is 0.349 e. The average Bonchev–Trinajstić information content (AvgIpc) is 2.74. The molecule has 2 aliphatic rings. The molecule has 6 heteroatoms. The lowest BCUT2D eigenvalue weighted by Gasteiger charge is -2.08. The van der Waals surface area contributed by atoms with Gasteiger partial charge >= 0.3 is 6.03 Å². The second-order valence-electron chi connectivity index (χ2n) is 3.48. The summed E-state index contributed by atoms with van der Waals surface area (Å²) in [7, 11) is 0. The maximum absolute atomic E-state index is 11.7. The van der Waals surface area contributed by atoms with Crippen molar-refractivity contribution in [3.8, 4) is 0 Å². The molecule has 1 aromatic rings. The summed E-state index contributed by atoms with van der Waals surface area (Å²) in [6, 6.07) is 8.45. The summed E-state index contributed by atoms with van der Waals surface area (Å²) in [5.41, 5.74) is 1.45. The van der Waals surface area contributed by atoms with Crippen LogP contribution in [0.3, 0.4) is 0 Å². The summed E-state index contributed by atoms with van der Waals surface area (Å²) in [6.07, 6.45) is 0. The van der Waals surface area contributed by atoms with Crippen LogP contribution in [0.25, 0.3) is 5.70 Å². The van der Waals surface area contributed by atoms with E-state index in [0.717, 1.165) is 5.56 Å². The molecule has 2 heterocycles. The quantitative estimate of drug-likeness (QED) is 0.787. The number of hydrogen-bond acceptors (Lipinski definition) is 4. The first-order valence-corrected chi connectivity index (χ1v) is 4.91. The summed E-state index contributed by atoms with van der Waals surface area (Å²) in [5.74, 6) is -0.429. The second-order valence-corrected chi connectivity index (χ2v) is 3.48. The zero-order chi connectivity index (χ0) is 11.8. The van der Waals surface area contributed by atoms with Gasteiger partial charge in [0.05, 0.1) is 0 Å². The Morgan fingerprint density at radius 2 is 1.76 bits per heavy atom. The van der Waals surface area contributed by atoms with Crippen molar-refractivity contribution in [1.29, 1.82) is 0 Å². The zero-order valence-corrected chi connectivity index (χ0v) is 8.54. The molecular weight excluding hydrogens is 220 g/mol. The number of rotatable bonds is 1. The predicted octanol–water partition coefficient (Wildman–Crippen LogP) is 1.51. The number of amides is 3. The molecule has 6 nitrogen and oxygen atoms in total. The number of azo groups is 1. The van der Waals surface area contributed by atoms with Crippen molar-refractivity contribution in [2.75, 3.05) is 0 Å². The first kappa shape index (κ1) is 9.59. The summed E-state index contributed by atoms with van der Waals surface area (Å²) >= 11 is 0. The van der Waals surface area contributed by atoms with Crippen LogP contribution in [0.4, 0.5) is 4.79 Å². The van der Waals surface area contributed by atoms with Gasteiger partial charge in [0, 0.05) is 5.56 Å². The van der Waals surface area contributed by atoms with Gasteiger partial charge in [-0.15, -0.1) is 10.2 Å². The van der Waals surface area contributed by atoms with E-state index < -0.39 is 11.9 Å². The fourth-order valence-corrected chi connectivity index (χ4v) is 1.67. The molecule has 2 aliphatic heterocycles. The van der Waals surface area contributed by atoms with Crippen molar-refractivity contribution >= 4 is 23.5 Å². The topological polar surface area (TPSA) is 83.2 Å². The fourth-order valence-electron chi connectivity index (χ4n) is 1.67. The number of fused-ring (bicyclic) bond motifs is 1. The van der Waals surface area contributed by atoms with Gasteiger partial charge in [-0.25, -0.2) is 4.79 Å². The number of benzene rings is 1. The molecule has 3 rings (SSSR count). The van der Waals surface area contributed by atoms with Crippen LogP contribution in [-0.2, 0) is 4.79 Å². The van der Waals surface area contributed by atoms with Crippen LogP contribution in [0.1, 0.15) is 5.56 Å². The molecular formula is C11H6N4O2. The normalized spacial score (nSPS) is 18.0. The number of aliphatic imine (C=N–C) groups is 1. The monoisotopic (exact) mass is 226 g/mol. The van der Waals surface area contributed by atoms with Crippen LogP contribution in [0, 0.1) is 0 Å². The van der Waals surface area contributed by atoms with Crippen molar-refractivity contribution in [2.24, 2.45) is 15.2 Å². The molecule has 0 aliphatic carbocycles. The Labute approximate surface area is 95.8 Å². The number of amidine groups is 1. The highest BCUT2D eigenvalue weighted by atomic mass is 16.2. The molecule has 3 amide bonds. The van der Waals surface area contributed by atoms with Crippen molar-refractivity contribution in [3.63, 3.8) is 0 Å². The van der Waals surface area contributed by atoms with Gasteiger partial charge in [0.25, 0.3) is 5.91 Å². The van der Waals surface area contributed by atoms with Gasteiger partial charge in [0.2, 0.25) is 0 Å². The van der Waals surface area contributed by atoms with Gasteiger partial charge in [0.15, 0.2) is 5.84 Å². The van der Waals surface area contributed by atoms with E-state index in [2.05, 4.69) is 20.5 Å². The number of carbonyl (C=O) groups excluding carboxylic acids is 2. The molecule has 0 unspecified atom stereocenters. The van der Waals surface area contributed by atoms with Gasteiger partial charge in [-0.3, -0.25) is 10.1 Å². The van der Waals surface area contributed by atoms with Crippen molar-refractivity contribution in [2.45, 2.75) is 0 Å². The molecule has 1 aromatic carbocycles. The standard InChI is InChI=1S/C11H6N4O2/c16-10-7-8(6-4-2-1-3-5-6)14-15-9(7)12-11(17)13-10/h1-5H,(H,13,16,17). The average molecular weight is 226 g/mol. The second kappa shape index (κ2) is 3.44. The van der Waals surface area contributed by atoms with Crippen molar-refractivity contribution in [1.82, 2.24) is 5.32 Å². The fraction of sp³-hybridized carbons (Fsp3) is 0. The Kier molecular flexibility index (Phi) is 1.94. The number of hydrogen-bond donors (Lipinski definition) is 1. The van der Waals surface area contributed by atoms with E-state index in [1.165, 1.54) is 0 Å². The Morgan fingerprint density at radius 1 is 1.00 bits per heavy atom. The highest BCUT2D eigenvalue weighted by Crippen LogP contribution is 2.28. The van der Waals surface area contributed by atoms with Crippen LogP contribution in [0.2, 0.25) is 0 Å². The summed E-state index contributed by atoms with van der Waals surface area (Å²) in [4.78, 5) is 26.3. The molecule has 0 spiro atoms. The minimum atomic E-state index is -0.706. The molecule has 0 saturated carbocycles. The van der Waals surface area contributed by atoms with Crippen LogP contribution < -0.4 is 5.32 Å². The van der Waals surface area contributed by atoms with Gasteiger partial charge in [0.1, 0.15) is 11.3 Å². The van der Waals surface area contributed by atoms with Gasteiger partial charge < -0.3 is 0 Å². The van der Waals surface area contributed by atoms with Crippen LogP contribution in [0.15, 0.2) is 51.1 Å². The number of imide groups is 1. The predicted molar refractivity (Wildman–Crippen MR) is 59.2 cm³/mol. The first-order valence-electron chi connectivity index (χ1n) is 4.91. The molecule has 0 bridgehead atoms. The van der Waals surface area contributed by atoms with E-state index in [0.29, 0.717) is 5.70 Å². The number of nitrogens with one attached hydrogen (secondary N) is 1. The Balaban J connectivity index is 2.19. The van der Waals surface area contributed by atoms with Crippen molar-refractivity contribution < 1.29 is 9.59 Å². The minimum absolute atomic E-state index is 0.0811. The molecule has 0 radical (unpaired) electrons. The summed E-state index contributed by atoms with van der Waals surface area (Å²) < 4.78 is 0. The number of carbonyl (C=O) groups is 2. The SMILES string of the molecule is O=C1N=C2N=NC(c3ccccc3)=C2C(=O)N1. The van der Waals surface area contributed by atoms with Crippen LogP contribution >= 0.6 is 0 Å². The van der Waals surface area contributed by atoms with E-state index in [4.69, 9.17) is 0 Å². The first-order chi connectivity index (χ1) is 8.25. The maximum Gasteiger partial charge on any atom is 0.349 e. The highest BCUT2D eigenvalue weighted by molar-refractivity contribution is 6.33. The van der Waals surface area contributed by atoms with E-state index in [9.17, 15) is 9.59 Å². The molecule has 1 N–H and O–H groups in total. The molecule has 0 atom stereocenters. The van der Waals surface area contributed by atoms with Gasteiger partial charge in [-0.1, -0.05) is 30.3 Å². The van der Waals surface area contributed by atoms with Crippen LogP contribution in [0.5, 0.6) is 0 Å². The molecule has 17 heavy (non-hydrogen) atoms. The Bertz CT molecular complexity index is 614. The third kappa shape index (κ3) is 1.46. The van der Waals surface area contributed by atoms with E-state index in [1.54, 1.807) is 0 Å². The molecule has 0 aromatic heterocycles. The van der Waals surface area contributed by atoms with Gasteiger partial charge in [-0.05, 0) is 0 Å². The third-order valence-corrected chi connectivity index (χ3v) is 2.41. The molecule has 0 fully saturated rings. The minimum Gasteiger partial charge on any atom is -0.272 e. The lowest BCUT2D eigenvalue weighted by Crippen LogP contribution is -2.36. The lowest BCUT2D eigenvalue weighted by atomic mass is 10.1. The summed E-state index contributed by atoms with van der Waals surface area (Å²) in [6.45, 7) is 0. The molecule has 0 saturated heterocycles. The van der Waals surface area contributed by atoms with E-state index in [1.807, 2.05) is 30.3 Å². The number of nitrogens with zero attached hydrogens (tertiary/aromatic N) is 3. The van der Waals surface area contributed by atoms with Crippen LogP contribution in [-0.4, -0.2) is 17.8 Å². The van der Waals surface area contributed by atoms with E-state index in [-0.39, 0.29) is 11.4 Å². The van der Waals surface area contributed by atoms with Gasteiger partial charge in [-0.2, -0.15) is 4.99 Å². The number of urea groups is 1. The zero-order valence-electron chi connectivity index (χ0n) is 8.54.